The van der Waals surface area contributed by atoms with Crippen molar-refractivity contribution in [2.75, 3.05) is 11.9 Å². The molecule has 0 aliphatic rings. The van der Waals surface area contributed by atoms with Gasteiger partial charge >= 0.3 is 0 Å². The van der Waals surface area contributed by atoms with Crippen LogP contribution in [0.2, 0.25) is 0 Å². The summed E-state index contributed by atoms with van der Waals surface area (Å²) in [7, 11) is 0. The van der Waals surface area contributed by atoms with E-state index in [9.17, 15) is 4.79 Å². The largest absolute Gasteiger partial charge is 0.385 e. The number of aryl methyl sites for hydroxylation is 1. The number of para-hydroxylation sites is 1. The second-order valence-electron chi connectivity index (χ2n) is 4.10. The van der Waals surface area contributed by atoms with Gasteiger partial charge in [0.05, 0.1) is 17.1 Å². The van der Waals surface area contributed by atoms with Crippen molar-refractivity contribution in [2.45, 2.75) is 20.4 Å². The predicted molar refractivity (Wildman–Crippen MR) is 78.6 cm³/mol. The molecule has 0 saturated heterocycles. The van der Waals surface area contributed by atoms with Crippen LogP contribution in [0.3, 0.4) is 0 Å². The summed E-state index contributed by atoms with van der Waals surface area (Å²) in [6.45, 7) is 5.27. The predicted octanol–water partition coefficient (Wildman–Crippen LogP) is 2.81. The first-order valence-electron chi connectivity index (χ1n) is 6.23. The number of benzene rings is 1. The molecule has 1 heterocycles. The topological polar surface area (TPSA) is 54.0 Å². The number of nitrogens with zero attached hydrogens (tertiary/aromatic N) is 1. The Hall–Kier alpha value is -1.88. The van der Waals surface area contributed by atoms with Gasteiger partial charge in [0, 0.05) is 23.3 Å². The van der Waals surface area contributed by atoms with Crippen molar-refractivity contribution in [1.29, 1.82) is 0 Å². The zero-order valence-electron chi connectivity index (χ0n) is 11.1. The van der Waals surface area contributed by atoms with Crippen LogP contribution in [-0.4, -0.2) is 17.4 Å². The van der Waals surface area contributed by atoms with E-state index in [1.165, 1.54) is 0 Å². The highest BCUT2D eigenvalue weighted by molar-refractivity contribution is 7.11. The number of hydrogen-bond donors (Lipinski definition) is 2. The first kappa shape index (κ1) is 13.5. The van der Waals surface area contributed by atoms with Gasteiger partial charge in [-0.25, -0.2) is 4.98 Å². The molecule has 1 aromatic carbocycles. The molecule has 0 bridgehead atoms. The lowest BCUT2D eigenvalue weighted by atomic mass is 10.1. The summed E-state index contributed by atoms with van der Waals surface area (Å²) in [5.74, 6) is -0.0670. The lowest BCUT2D eigenvalue weighted by Crippen LogP contribution is -2.23. The Morgan fingerprint density at radius 1 is 1.37 bits per heavy atom. The van der Waals surface area contributed by atoms with Gasteiger partial charge in [-0.2, -0.15) is 0 Å². The highest BCUT2D eigenvalue weighted by Crippen LogP contribution is 2.15. The van der Waals surface area contributed by atoms with E-state index in [0.29, 0.717) is 12.1 Å². The Bertz CT molecular complexity index is 565. The minimum absolute atomic E-state index is 0.0670. The maximum absolute atomic E-state index is 12.2. The van der Waals surface area contributed by atoms with Crippen LogP contribution in [0.1, 0.15) is 27.2 Å². The second-order valence-corrected chi connectivity index (χ2v) is 5.42. The highest BCUT2D eigenvalue weighted by atomic mass is 32.1. The number of anilines is 1. The number of carbonyl (C=O) groups is 1. The first-order valence-corrected chi connectivity index (χ1v) is 7.04. The molecule has 1 aromatic heterocycles. The summed E-state index contributed by atoms with van der Waals surface area (Å²) >= 11 is 1.60. The van der Waals surface area contributed by atoms with Gasteiger partial charge in [0.25, 0.3) is 5.91 Å². The van der Waals surface area contributed by atoms with Crippen LogP contribution in [0, 0.1) is 6.92 Å². The van der Waals surface area contributed by atoms with Crippen molar-refractivity contribution in [2.24, 2.45) is 0 Å². The van der Waals surface area contributed by atoms with Crippen molar-refractivity contribution in [3.05, 3.63) is 45.9 Å². The Morgan fingerprint density at radius 3 is 2.84 bits per heavy atom. The lowest BCUT2D eigenvalue weighted by molar-refractivity contribution is 0.0952. The zero-order chi connectivity index (χ0) is 13.7. The van der Waals surface area contributed by atoms with Gasteiger partial charge in [0.1, 0.15) is 0 Å². The molecule has 0 unspecified atom stereocenters. The smallest absolute Gasteiger partial charge is 0.253 e. The molecule has 2 aromatic rings. The van der Waals surface area contributed by atoms with Crippen LogP contribution in [0.25, 0.3) is 0 Å². The van der Waals surface area contributed by atoms with Gasteiger partial charge in [0.15, 0.2) is 0 Å². The van der Waals surface area contributed by atoms with Crippen molar-refractivity contribution >= 4 is 22.9 Å². The Morgan fingerprint density at radius 2 is 2.16 bits per heavy atom. The van der Waals surface area contributed by atoms with Gasteiger partial charge in [-0.3, -0.25) is 4.79 Å². The molecule has 0 radical (unpaired) electrons. The van der Waals surface area contributed by atoms with Crippen molar-refractivity contribution in [3.63, 3.8) is 0 Å². The maximum atomic E-state index is 12.2. The van der Waals surface area contributed by atoms with Gasteiger partial charge in [0.2, 0.25) is 0 Å². The minimum Gasteiger partial charge on any atom is -0.385 e. The van der Waals surface area contributed by atoms with E-state index in [2.05, 4.69) is 15.6 Å². The molecule has 1 amide bonds. The fourth-order valence-electron chi connectivity index (χ4n) is 1.78. The van der Waals surface area contributed by atoms with Crippen LogP contribution in [-0.2, 0) is 6.54 Å². The molecule has 2 N–H and O–H groups in total. The lowest BCUT2D eigenvalue weighted by Gasteiger charge is -2.10. The average molecular weight is 275 g/mol. The first-order chi connectivity index (χ1) is 9.20. The van der Waals surface area contributed by atoms with Crippen LogP contribution >= 0.6 is 11.3 Å². The van der Waals surface area contributed by atoms with Crippen LogP contribution < -0.4 is 10.6 Å². The summed E-state index contributed by atoms with van der Waals surface area (Å²) in [5.41, 5.74) is 1.54. The van der Waals surface area contributed by atoms with Crippen molar-refractivity contribution < 1.29 is 4.79 Å². The molecule has 5 heteroatoms. The molecule has 0 atom stereocenters. The van der Waals surface area contributed by atoms with Gasteiger partial charge in [-0.15, -0.1) is 11.3 Å². The number of hydrogen-bond acceptors (Lipinski definition) is 4. The normalized spacial score (nSPS) is 10.2. The third kappa shape index (κ3) is 3.54. The highest BCUT2D eigenvalue weighted by Gasteiger charge is 2.10. The van der Waals surface area contributed by atoms with Crippen LogP contribution in [0.5, 0.6) is 0 Å². The zero-order valence-corrected chi connectivity index (χ0v) is 11.9. The van der Waals surface area contributed by atoms with Crippen LogP contribution in [0.15, 0.2) is 30.5 Å². The van der Waals surface area contributed by atoms with Gasteiger partial charge in [-0.1, -0.05) is 12.1 Å². The van der Waals surface area contributed by atoms with E-state index in [1.54, 1.807) is 17.5 Å². The summed E-state index contributed by atoms with van der Waals surface area (Å²) in [6.07, 6.45) is 1.80. The average Bonchev–Trinajstić information content (AvgIpc) is 2.83. The molecule has 2 rings (SSSR count). The molecule has 100 valence electrons. The Labute approximate surface area is 116 Å². The van der Waals surface area contributed by atoms with E-state index in [1.807, 2.05) is 38.1 Å². The van der Waals surface area contributed by atoms with E-state index in [0.717, 1.165) is 22.1 Å². The summed E-state index contributed by atoms with van der Waals surface area (Å²) in [4.78, 5) is 17.4. The molecule has 0 saturated carbocycles. The molecule has 0 aliphatic heterocycles. The number of aromatic nitrogens is 1. The quantitative estimate of drug-likeness (QED) is 0.882. The van der Waals surface area contributed by atoms with E-state index < -0.39 is 0 Å². The monoisotopic (exact) mass is 275 g/mol. The number of thiazole rings is 1. The molecule has 4 nitrogen and oxygen atoms in total. The van der Waals surface area contributed by atoms with E-state index >= 15 is 0 Å². The van der Waals surface area contributed by atoms with Crippen molar-refractivity contribution in [1.82, 2.24) is 10.3 Å². The summed E-state index contributed by atoms with van der Waals surface area (Å²) in [6, 6.07) is 7.52. The van der Waals surface area contributed by atoms with E-state index in [-0.39, 0.29) is 5.91 Å². The third-order valence-corrected chi connectivity index (χ3v) is 3.54. The van der Waals surface area contributed by atoms with Gasteiger partial charge < -0.3 is 10.6 Å². The SMILES string of the molecule is CCNc1ccccc1C(=O)NCc1cnc(C)s1. The second kappa shape index (κ2) is 6.33. The Balaban J connectivity index is 2.03. The van der Waals surface area contributed by atoms with Gasteiger partial charge in [-0.05, 0) is 26.0 Å². The van der Waals surface area contributed by atoms with E-state index in [4.69, 9.17) is 0 Å². The van der Waals surface area contributed by atoms with Crippen LogP contribution in [0.4, 0.5) is 5.69 Å². The third-order valence-electron chi connectivity index (χ3n) is 2.63. The Kier molecular flexibility index (Phi) is 4.52. The molecule has 0 aliphatic carbocycles. The standard InChI is InChI=1S/C14H17N3OS/c1-3-15-13-7-5-4-6-12(13)14(18)17-9-11-8-16-10(2)19-11/h4-8,15H,3,9H2,1-2H3,(H,17,18). The number of amides is 1. The van der Waals surface area contributed by atoms with Crippen molar-refractivity contribution in [3.8, 4) is 0 Å². The number of carbonyl (C=O) groups excluding carboxylic acids is 1. The molecule has 0 fully saturated rings. The maximum Gasteiger partial charge on any atom is 0.253 e. The minimum atomic E-state index is -0.0670. The summed E-state index contributed by atoms with van der Waals surface area (Å²) in [5, 5.41) is 7.12. The molecular formula is C14H17N3OS. The molecular weight excluding hydrogens is 258 g/mol. The molecule has 0 spiro atoms. The number of rotatable bonds is 5. The summed E-state index contributed by atoms with van der Waals surface area (Å²) < 4.78 is 0. The molecule has 19 heavy (non-hydrogen) atoms. The number of nitrogens with one attached hydrogen (secondary N) is 2. The fourth-order valence-corrected chi connectivity index (χ4v) is 2.51. The fraction of sp³-hybridized carbons (Fsp3) is 0.286.